The summed E-state index contributed by atoms with van der Waals surface area (Å²) in [5.41, 5.74) is 9.00. The number of nitrogens with one attached hydrogen (secondary N) is 1. The van der Waals surface area contributed by atoms with E-state index in [0.717, 1.165) is 17.8 Å². The van der Waals surface area contributed by atoms with E-state index in [9.17, 15) is 0 Å². The quantitative estimate of drug-likeness (QED) is 0.820. The zero-order valence-corrected chi connectivity index (χ0v) is 10.7. The van der Waals surface area contributed by atoms with Crippen molar-refractivity contribution < 1.29 is 0 Å². The van der Waals surface area contributed by atoms with E-state index < -0.39 is 0 Å². The fourth-order valence-electron chi connectivity index (χ4n) is 2.28. The lowest BCUT2D eigenvalue weighted by molar-refractivity contribution is 1.05. The number of nitrogens with two attached hydrogens (primary N) is 1. The molecule has 0 radical (unpaired) electrons. The first-order valence-corrected chi connectivity index (χ1v) is 6.48. The van der Waals surface area contributed by atoms with Crippen molar-refractivity contribution in [2.75, 3.05) is 11.1 Å². The molecule has 0 amide bonds. The minimum atomic E-state index is 0.466. The number of nitrogen functional groups attached to an aromatic ring is 1. The summed E-state index contributed by atoms with van der Waals surface area (Å²) in [6, 6.07) is 16.6. The van der Waals surface area contributed by atoms with Crippen LogP contribution < -0.4 is 11.1 Å². The normalized spacial score (nSPS) is 21.6. The standard InChI is InChI=1S/C15H15ClN2/c16-11-6-7-13(17)15(8-11)18-14-9-12(14)10-4-2-1-3-5-10/h1-8,12,14,18H,9,17H2. The number of rotatable bonds is 3. The predicted molar refractivity (Wildman–Crippen MR) is 77.1 cm³/mol. The molecular weight excluding hydrogens is 244 g/mol. The van der Waals surface area contributed by atoms with Gasteiger partial charge in [0.15, 0.2) is 0 Å². The highest BCUT2D eigenvalue weighted by Crippen LogP contribution is 2.43. The Morgan fingerprint density at radius 2 is 1.89 bits per heavy atom. The number of halogens is 1. The highest BCUT2D eigenvalue weighted by atomic mass is 35.5. The minimum Gasteiger partial charge on any atom is -0.397 e. The van der Waals surface area contributed by atoms with Crippen molar-refractivity contribution in [1.82, 2.24) is 0 Å². The Hall–Kier alpha value is -1.67. The van der Waals surface area contributed by atoms with E-state index in [4.69, 9.17) is 17.3 Å². The van der Waals surface area contributed by atoms with Crippen LogP contribution in [0.3, 0.4) is 0 Å². The Balaban J connectivity index is 1.71. The molecule has 0 spiro atoms. The van der Waals surface area contributed by atoms with Crippen LogP contribution in [0.4, 0.5) is 11.4 Å². The van der Waals surface area contributed by atoms with Crippen molar-refractivity contribution in [2.45, 2.75) is 18.4 Å². The van der Waals surface area contributed by atoms with Crippen molar-refractivity contribution in [1.29, 1.82) is 0 Å². The summed E-state index contributed by atoms with van der Waals surface area (Å²) < 4.78 is 0. The molecule has 18 heavy (non-hydrogen) atoms. The third-order valence-corrected chi connectivity index (χ3v) is 3.61. The molecular formula is C15H15ClN2. The van der Waals surface area contributed by atoms with E-state index in [0.29, 0.717) is 17.0 Å². The van der Waals surface area contributed by atoms with Crippen molar-refractivity contribution in [2.24, 2.45) is 0 Å². The molecule has 3 rings (SSSR count). The maximum atomic E-state index is 5.98. The zero-order valence-electron chi connectivity index (χ0n) is 9.94. The van der Waals surface area contributed by atoms with E-state index in [1.807, 2.05) is 24.3 Å². The van der Waals surface area contributed by atoms with Gasteiger partial charge in [-0.1, -0.05) is 41.9 Å². The van der Waals surface area contributed by atoms with Gasteiger partial charge in [-0.2, -0.15) is 0 Å². The van der Waals surface area contributed by atoms with Gasteiger partial charge in [-0.05, 0) is 30.2 Å². The Kier molecular flexibility index (Phi) is 2.88. The molecule has 2 atom stereocenters. The fourth-order valence-corrected chi connectivity index (χ4v) is 2.45. The van der Waals surface area contributed by atoms with E-state index in [1.54, 1.807) is 0 Å². The highest BCUT2D eigenvalue weighted by Gasteiger charge is 2.38. The molecule has 92 valence electrons. The zero-order chi connectivity index (χ0) is 12.5. The minimum absolute atomic E-state index is 0.466. The summed E-state index contributed by atoms with van der Waals surface area (Å²) in [6.07, 6.45) is 1.15. The molecule has 0 heterocycles. The number of hydrogen-bond donors (Lipinski definition) is 2. The lowest BCUT2D eigenvalue weighted by Crippen LogP contribution is -2.06. The van der Waals surface area contributed by atoms with E-state index in [1.165, 1.54) is 5.56 Å². The summed E-state index contributed by atoms with van der Waals surface area (Å²) >= 11 is 5.98. The van der Waals surface area contributed by atoms with Crippen molar-refractivity contribution >= 4 is 23.0 Å². The topological polar surface area (TPSA) is 38.0 Å². The van der Waals surface area contributed by atoms with Gasteiger partial charge in [-0.3, -0.25) is 0 Å². The molecule has 2 unspecified atom stereocenters. The van der Waals surface area contributed by atoms with Crippen LogP contribution in [0.25, 0.3) is 0 Å². The first-order valence-electron chi connectivity index (χ1n) is 6.10. The molecule has 1 saturated carbocycles. The van der Waals surface area contributed by atoms with Crippen LogP contribution in [-0.2, 0) is 0 Å². The van der Waals surface area contributed by atoms with Crippen LogP contribution in [0, 0.1) is 0 Å². The Labute approximate surface area is 112 Å². The molecule has 0 aromatic heterocycles. The van der Waals surface area contributed by atoms with Crippen LogP contribution in [0.1, 0.15) is 17.9 Å². The van der Waals surface area contributed by atoms with Crippen LogP contribution in [0.15, 0.2) is 48.5 Å². The number of benzene rings is 2. The van der Waals surface area contributed by atoms with Gasteiger partial charge in [0.2, 0.25) is 0 Å². The van der Waals surface area contributed by atoms with E-state index in [-0.39, 0.29) is 0 Å². The first-order chi connectivity index (χ1) is 8.74. The van der Waals surface area contributed by atoms with Crippen molar-refractivity contribution in [3.63, 3.8) is 0 Å². The van der Waals surface area contributed by atoms with Crippen molar-refractivity contribution in [3.8, 4) is 0 Å². The molecule has 1 fully saturated rings. The molecule has 3 heteroatoms. The molecule has 2 aromatic carbocycles. The summed E-state index contributed by atoms with van der Waals surface area (Å²) in [5.74, 6) is 0.588. The lowest BCUT2D eigenvalue weighted by Gasteiger charge is -2.09. The molecule has 2 aromatic rings. The summed E-state index contributed by atoms with van der Waals surface area (Å²) in [4.78, 5) is 0. The first kappa shape index (κ1) is 11.4. The maximum absolute atomic E-state index is 5.98. The van der Waals surface area contributed by atoms with Gasteiger partial charge in [0.1, 0.15) is 0 Å². The predicted octanol–water partition coefficient (Wildman–Crippen LogP) is 3.89. The van der Waals surface area contributed by atoms with Gasteiger partial charge in [0.25, 0.3) is 0 Å². The third-order valence-electron chi connectivity index (χ3n) is 3.37. The lowest BCUT2D eigenvalue weighted by atomic mass is 10.1. The molecule has 0 bridgehead atoms. The van der Waals surface area contributed by atoms with Gasteiger partial charge in [0, 0.05) is 17.0 Å². The molecule has 2 nitrogen and oxygen atoms in total. The van der Waals surface area contributed by atoms with Crippen LogP contribution in [-0.4, -0.2) is 6.04 Å². The second-order valence-corrected chi connectivity index (χ2v) is 5.17. The molecule has 1 aliphatic carbocycles. The average molecular weight is 259 g/mol. The Bertz CT molecular complexity index is 554. The Morgan fingerprint density at radius 3 is 2.67 bits per heavy atom. The smallest absolute Gasteiger partial charge is 0.0591 e. The van der Waals surface area contributed by atoms with Gasteiger partial charge in [-0.15, -0.1) is 0 Å². The molecule has 3 N–H and O–H groups in total. The average Bonchev–Trinajstić information content (AvgIpc) is 3.14. The van der Waals surface area contributed by atoms with Gasteiger partial charge < -0.3 is 11.1 Å². The Morgan fingerprint density at radius 1 is 1.11 bits per heavy atom. The van der Waals surface area contributed by atoms with Crippen LogP contribution in [0.2, 0.25) is 5.02 Å². The van der Waals surface area contributed by atoms with Gasteiger partial charge in [-0.25, -0.2) is 0 Å². The largest absolute Gasteiger partial charge is 0.397 e. The third kappa shape index (κ3) is 2.29. The second kappa shape index (κ2) is 4.54. The highest BCUT2D eigenvalue weighted by molar-refractivity contribution is 6.31. The number of hydrogen-bond acceptors (Lipinski definition) is 2. The monoisotopic (exact) mass is 258 g/mol. The maximum Gasteiger partial charge on any atom is 0.0591 e. The van der Waals surface area contributed by atoms with Crippen molar-refractivity contribution in [3.05, 3.63) is 59.1 Å². The van der Waals surface area contributed by atoms with Gasteiger partial charge >= 0.3 is 0 Å². The molecule has 1 aliphatic rings. The molecule has 0 aliphatic heterocycles. The summed E-state index contributed by atoms with van der Waals surface area (Å²) in [6.45, 7) is 0. The van der Waals surface area contributed by atoms with E-state index in [2.05, 4.69) is 29.6 Å². The summed E-state index contributed by atoms with van der Waals surface area (Å²) in [7, 11) is 0. The second-order valence-electron chi connectivity index (χ2n) is 4.74. The fraction of sp³-hybridized carbons (Fsp3) is 0.200. The molecule has 0 saturated heterocycles. The number of anilines is 2. The van der Waals surface area contributed by atoms with Gasteiger partial charge in [0.05, 0.1) is 11.4 Å². The summed E-state index contributed by atoms with van der Waals surface area (Å²) in [5, 5.41) is 4.18. The van der Waals surface area contributed by atoms with E-state index >= 15 is 0 Å². The van der Waals surface area contributed by atoms with Crippen LogP contribution >= 0.6 is 11.6 Å². The van der Waals surface area contributed by atoms with Crippen LogP contribution in [0.5, 0.6) is 0 Å². The SMILES string of the molecule is Nc1ccc(Cl)cc1NC1CC1c1ccccc1.